The third-order valence-corrected chi connectivity index (χ3v) is 3.14. The molecule has 66 valence electrons. The summed E-state index contributed by atoms with van der Waals surface area (Å²) in [5.74, 6) is 0. The first-order valence-electron chi connectivity index (χ1n) is 4.36. The molecule has 1 fully saturated rings. The maximum absolute atomic E-state index is 3.36. The van der Waals surface area contributed by atoms with E-state index in [9.17, 15) is 0 Å². The van der Waals surface area contributed by atoms with Gasteiger partial charge in [0.25, 0.3) is 0 Å². The summed E-state index contributed by atoms with van der Waals surface area (Å²) in [7, 11) is 0. The van der Waals surface area contributed by atoms with Gasteiger partial charge in [-0.1, -0.05) is 0 Å². The number of anilines is 1. The third-order valence-electron chi connectivity index (χ3n) is 2.29. The molecule has 0 aliphatic carbocycles. The van der Waals surface area contributed by atoms with E-state index in [2.05, 4.69) is 27.9 Å². The van der Waals surface area contributed by atoms with E-state index in [0.29, 0.717) is 0 Å². The molecule has 3 heteroatoms. The highest BCUT2D eigenvalue weighted by molar-refractivity contribution is 7.08. The van der Waals surface area contributed by atoms with Crippen molar-refractivity contribution in [2.75, 3.05) is 31.1 Å². The minimum Gasteiger partial charge on any atom is -0.368 e. The Morgan fingerprint density at radius 2 is 2.08 bits per heavy atom. The van der Waals surface area contributed by atoms with E-state index < -0.39 is 0 Å². The Hall–Kier alpha value is -0.540. The largest absolute Gasteiger partial charge is 0.368 e. The molecule has 1 N–H and O–H groups in total. The van der Waals surface area contributed by atoms with E-state index >= 15 is 0 Å². The van der Waals surface area contributed by atoms with Gasteiger partial charge in [-0.2, -0.15) is 0 Å². The molecule has 0 saturated carbocycles. The standard InChI is InChI=1S/C9H14N2S/c1-8-6-12-7-9(8)11-4-2-10-3-5-11/h6-7,10H,2-5H2,1H3. The lowest BCUT2D eigenvalue weighted by molar-refractivity contribution is 0.589. The number of nitrogens with zero attached hydrogens (tertiary/aromatic N) is 1. The Labute approximate surface area is 77.2 Å². The minimum atomic E-state index is 1.12. The molecular formula is C9H14N2S. The number of hydrogen-bond donors (Lipinski definition) is 1. The van der Waals surface area contributed by atoms with Crippen molar-refractivity contribution in [1.82, 2.24) is 5.32 Å². The van der Waals surface area contributed by atoms with Crippen molar-refractivity contribution in [1.29, 1.82) is 0 Å². The molecule has 0 aromatic carbocycles. The maximum Gasteiger partial charge on any atom is 0.0505 e. The predicted molar refractivity (Wildman–Crippen MR) is 54.1 cm³/mol. The molecule has 1 saturated heterocycles. The van der Waals surface area contributed by atoms with Crippen LogP contribution in [0.25, 0.3) is 0 Å². The molecule has 0 spiro atoms. The van der Waals surface area contributed by atoms with Crippen LogP contribution in [0, 0.1) is 6.92 Å². The second-order valence-electron chi connectivity index (χ2n) is 3.18. The topological polar surface area (TPSA) is 15.3 Å². The third kappa shape index (κ3) is 1.47. The van der Waals surface area contributed by atoms with Gasteiger partial charge in [0.2, 0.25) is 0 Å². The SMILES string of the molecule is Cc1cscc1N1CCNCC1. The molecule has 0 unspecified atom stereocenters. The highest BCUT2D eigenvalue weighted by Crippen LogP contribution is 2.24. The summed E-state index contributed by atoms with van der Waals surface area (Å²) in [6.07, 6.45) is 0. The average molecular weight is 182 g/mol. The van der Waals surface area contributed by atoms with Crippen LogP contribution in [-0.4, -0.2) is 26.2 Å². The van der Waals surface area contributed by atoms with E-state index in [-0.39, 0.29) is 0 Å². The molecule has 0 bridgehead atoms. The molecule has 0 radical (unpaired) electrons. The van der Waals surface area contributed by atoms with Gasteiger partial charge in [0.05, 0.1) is 5.69 Å². The lowest BCUT2D eigenvalue weighted by Crippen LogP contribution is -2.43. The normalized spacial score (nSPS) is 18.2. The van der Waals surface area contributed by atoms with Gasteiger partial charge in [-0.25, -0.2) is 0 Å². The summed E-state index contributed by atoms with van der Waals surface area (Å²) in [6.45, 7) is 6.73. The van der Waals surface area contributed by atoms with Crippen molar-refractivity contribution in [3.63, 3.8) is 0 Å². The summed E-state index contributed by atoms with van der Waals surface area (Å²) in [4.78, 5) is 2.46. The van der Waals surface area contributed by atoms with Gasteiger partial charge in [-0.15, -0.1) is 11.3 Å². The van der Waals surface area contributed by atoms with Gasteiger partial charge in [-0.3, -0.25) is 0 Å². The van der Waals surface area contributed by atoms with Crippen LogP contribution in [0.5, 0.6) is 0 Å². The zero-order valence-corrected chi connectivity index (χ0v) is 8.16. The lowest BCUT2D eigenvalue weighted by atomic mass is 10.2. The Morgan fingerprint density at radius 3 is 2.67 bits per heavy atom. The van der Waals surface area contributed by atoms with Crippen molar-refractivity contribution in [2.24, 2.45) is 0 Å². The van der Waals surface area contributed by atoms with E-state index in [1.807, 2.05) is 0 Å². The highest BCUT2D eigenvalue weighted by atomic mass is 32.1. The average Bonchev–Trinajstić information content (AvgIpc) is 2.53. The number of piperazine rings is 1. The Bertz CT molecular complexity index is 251. The number of thiophene rings is 1. The fourth-order valence-electron chi connectivity index (χ4n) is 1.58. The second kappa shape index (κ2) is 3.46. The molecule has 1 aliphatic rings. The number of nitrogens with one attached hydrogen (secondary N) is 1. The molecule has 1 aromatic heterocycles. The van der Waals surface area contributed by atoms with E-state index in [1.54, 1.807) is 11.3 Å². The molecular weight excluding hydrogens is 168 g/mol. The summed E-state index contributed by atoms with van der Waals surface area (Å²) in [5.41, 5.74) is 2.85. The first kappa shape index (κ1) is 8.08. The fraction of sp³-hybridized carbons (Fsp3) is 0.556. The minimum absolute atomic E-state index is 1.12. The first-order chi connectivity index (χ1) is 5.88. The Balaban J connectivity index is 2.13. The Morgan fingerprint density at radius 1 is 1.33 bits per heavy atom. The van der Waals surface area contributed by atoms with Crippen molar-refractivity contribution in [3.8, 4) is 0 Å². The highest BCUT2D eigenvalue weighted by Gasteiger charge is 2.12. The molecule has 1 aliphatic heterocycles. The summed E-state index contributed by atoms with van der Waals surface area (Å²) >= 11 is 1.80. The van der Waals surface area contributed by atoms with Crippen molar-refractivity contribution in [3.05, 3.63) is 16.3 Å². The summed E-state index contributed by atoms with van der Waals surface area (Å²) < 4.78 is 0. The molecule has 12 heavy (non-hydrogen) atoms. The van der Waals surface area contributed by atoms with Gasteiger partial charge in [-0.05, 0) is 17.9 Å². The molecule has 2 heterocycles. The van der Waals surface area contributed by atoms with Crippen molar-refractivity contribution >= 4 is 17.0 Å². The van der Waals surface area contributed by atoms with Crippen LogP contribution < -0.4 is 10.2 Å². The number of hydrogen-bond acceptors (Lipinski definition) is 3. The van der Waals surface area contributed by atoms with Crippen molar-refractivity contribution in [2.45, 2.75) is 6.92 Å². The van der Waals surface area contributed by atoms with Crippen LogP contribution in [0.2, 0.25) is 0 Å². The van der Waals surface area contributed by atoms with Crippen LogP contribution in [0.15, 0.2) is 10.8 Å². The number of rotatable bonds is 1. The molecule has 2 rings (SSSR count). The molecule has 1 aromatic rings. The summed E-state index contributed by atoms with van der Waals surface area (Å²) in [5, 5.41) is 7.83. The van der Waals surface area contributed by atoms with Crippen LogP contribution in [-0.2, 0) is 0 Å². The van der Waals surface area contributed by atoms with Gasteiger partial charge in [0.15, 0.2) is 0 Å². The zero-order chi connectivity index (χ0) is 8.39. The van der Waals surface area contributed by atoms with Gasteiger partial charge in [0, 0.05) is 31.6 Å². The van der Waals surface area contributed by atoms with Crippen LogP contribution >= 0.6 is 11.3 Å². The van der Waals surface area contributed by atoms with E-state index in [0.717, 1.165) is 26.2 Å². The predicted octanol–water partition coefficient (Wildman–Crippen LogP) is 1.47. The van der Waals surface area contributed by atoms with E-state index in [4.69, 9.17) is 0 Å². The fourth-order valence-corrected chi connectivity index (χ4v) is 2.44. The first-order valence-corrected chi connectivity index (χ1v) is 5.30. The van der Waals surface area contributed by atoms with Crippen LogP contribution in [0.3, 0.4) is 0 Å². The van der Waals surface area contributed by atoms with E-state index in [1.165, 1.54) is 11.3 Å². The summed E-state index contributed by atoms with van der Waals surface area (Å²) in [6, 6.07) is 0. The smallest absolute Gasteiger partial charge is 0.0505 e. The zero-order valence-electron chi connectivity index (χ0n) is 7.34. The monoisotopic (exact) mass is 182 g/mol. The van der Waals surface area contributed by atoms with Crippen molar-refractivity contribution < 1.29 is 0 Å². The lowest BCUT2D eigenvalue weighted by Gasteiger charge is -2.29. The van der Waals surface area contributed by atoms with Gasteiger partial charge >= 0.3 is 0 Å². The second-order valence-corrected chi connectivity index (χ2v) is 3.92. The van der Waals surface area contributed by atoms with Gasteiger partial charge < -0.3 is 10.2 Å². The number of aryl methyl sites for hydroxylation is 1. The quantitative estimate of drug-likeness (QED) is 0.707. The Kier molecular flexibility index (Phi) is 2.33. The van der Waals surface area contributed by atoms with Crippen LogP contribution in [0.4, 0.5) is 5.69 Å². The van der Waals surface area contributed by atoms with Crippen LogP contribution in [0.1, 0.15) is 5.56 Å². The molecule has 2 nitrogen and oxygen atoms in total. The maximum atomic E-state index is 3.36. The molecule has 0 amide bonds. The molecule has 0 atom stereocenters. The van der Waals surface area contributed by atoms with Gasteiger partial charge in [0.1, 0.15) is 0 Å².